The Morgan fingerprint density at radius 1 is 0.536 bits per heavy atom. The number of aromatic amines is 1. The molecule has 0 bridgehead atoms. The van der Waals surface area contributed by atoms with Gasteiger partial charge >= 0.3 is 0 Å². The molecule has 1 heterocycles. The number of hydrogen-bond acceptors (Lipinski definition) is 0. The highest BCUT2D eigenvalue weighted by Gasteiger charge is 2.12. The molecule has 0 amide bonds. The van der Waals surface area contributed by atoms with E-state index in [9.17, 15) is 0 Å². The molecule has 1 atom stereocenters. The van der Waals surface area contributed by atoms with Crippen molar-refractivity contribution >= 4 is 18.2 Å². The van der Waals surface area contributed by atoms with E-state index in [0.717, 1.165) is 5.69 Å². The molecule has 0 saturated carbocycles. The van der Waals surface area contributed by atoms with E-state index in [4.69, 9.17) is 0 Å². The van der Waals surface area contributed by atoms with Crippen LogP contribution in [0.25, 0.3) is 18.2 Å². The molecule has 1 heteroatoms. The summed E-state index contributed by atoms with van der Waals surface area (Å²) in [7, 11) is 0. The molecule has 0 spiro atoms. The third-order valence-corrected chi connectivity index (χ3v) is 4.76. The first-order chi connectivity index (χ1) is 13.9. The molecule has 0 aliphatic heterocycles. The number of H-pyrrole nitrogens is 1. The topological polar surface area (TPSA) is 15.8 Å². The predicted molar refractivity (Wildman–Crippen MR) is 120 cm³/mol. The number of nitrogens with one attached hydrogen (secondary N) is 1. The Kier molecular flexibility index (Phi) is 5.65. The molecule has 0 aliphatic rings. The molecule has 3 aromatic carbocycles. The summed E-state index contributed by atoms with van der Waals surface area (Å²) in [4.78, 5) is 3.58. The van der Waals surface area contributed by atoms with E-state index < -0.39 is 0 Å². The predicted octanol–water partition coefficient (Wildman–Crippen LogP) is 7.03. The maximum absolute atomic E-state index is 3.58. The van der Waals surface area contributed by atoms with Crippen LogP contribution in [0.4, 0.5) is 0 Å². The zero-order valence-corrected chi connectivity index (χ0v) is 15.7. The van der Waals surface area contributed by atoms with Gasteiger partial charge in [0.2, 0.25) is 0 Å². The van der Waals surface area contributed by atoms with Crippen molar-refractivity contribution in [3.8, 4) is 0 Å². The largest absolute Gasteiger partial charge is 0.358 e. The van der Waals surface area contributed by atoms with Gasteiger partial charge in [0, 0.05) is 17.3 Å². The molecule has 0 saturated heterocycles. The second-order valence-electron chi connectivity index (χ2n) is 6.77. The molecule has 0 aliphatic carbocycles. The average Bonchev–Trinajstić information content (AvgIpc) is 3.23. The highest BCUT2D eigenvalue weighted by atomic mass is 14.7. The van der Waals surface area contributed by atoms with Gasteiger partial charge in [0.05, 0.1) is 0 Å². The maximum atomic E-state index is 3.58. The minimum absolute atomic E-state index is 0.181. The van der Waals surface area contributed by atoms with E-state index in [1.54, 1.807) is 0 Å². The van der Waals surface area contributed by atoms with Crippen molar-refractivity contribution in [3.63, 3.8) is 0 Å². The smallest absolute Gasteiger partial charge is 0.0424 e. The summed E-state index contributed by atoms with van der Waals surface area (Å²) < 4.78 is 0. The number of aromatic nitrogens is 1. The Labute approximate surface area is 166 Å². The quantitative estimate of drug-likeness (QED) is 0.379. The van der Waals surface area contributed by atoms with E-state index in [1.165, 1.54) is 22.4 Å². The monoisotopic (exact) mass is 361 g/mol. The summed E-state index contributed by atoms with van der Waals surface area (Å²) in [5.74, 6) is 0.181. The molecular weight excluding hydrogens is 338 g/mol. The van der Waals surface area contributed by atoms with Crippen molar-refractivity contribution in [1.29, 1.82) is 0 Å². The van der Waals surface area contributed by atoms with Gasteiger partial charge in [-0.3, -0.25) is 0 Å². The van der Waals surface area contributed by atoms with Crippen LogP contribution in [0, 0.1) is 0 Å². The van der Waals surface area contributed by atoms with Crippen LogP contribution in [0.2, 0.25) is 0 Å². The van der Waals surface area contributed by atoms with Gasteiger partial charge in [-0.2, -0.15) is 0 Å². The van der Waals surface area contributed by atoms with Crippen LogP contribution in [0.3, 0.4) is 0 Å². The van der Waals surface area contributed by atoms with Crippen molar-refractivity contribution < 1.29 is 0 Å². The standard InChI is InChI=1S/C27H23N/c1-4-10-22(11-5-1)16-18-25-19-21-27(28-25)26(24-14-8-3-9-15-24)20-17-23-12-6-2-7-13-23/h1-21,26,28H/b18-16+,20-17+. The Morgan fingerprint density at radius 2 is 1.11 bits per heavy atom. The summed E-state index contributed by atoms with van der Waals surface area (Å²) >= 11 is 0. The van der Waals surface area contributed by atoms with Crippen LogP contribution < -0.4 is 0 Å². The minimum Gasteiger partial charge on any atom is -0.358 e. The van der Waals surface area contributed by atoms with Gasteiger partial charge in [-0.25, -0.2) is 0 Å². The average molecular weight is 361 g/mol. The molecule has 0 fully saturated rings. The van der Waals surface area contributed by atoms with Crippen LogP contribution in [0.1, 0.15) is 34.0 Å². The van der Waals surface area contributed by atoms with E-state index in [0.29, 0.717) is 0 Å². The first kappa shape index (κ1) is 17.8. The Hall–Kier alpha value is -3.58. The molecule has 1 unspecified atom stereocenters. The van der Waals surface area contributed by atoms with Gasteiger partial charge < -0.3 is 4.98 Å². The van der Waals surface area contributed by atoms with Crippen molar-refractivity contribution in [2.75, 3.05) is 0 Å². The fourth-order valence-corrected chi connectivity index (χ4v) is 3.28. The molecule has 1 nitrogen and oxygen atoms in total. The molecule has 136 valence electrons. The SMILES string of the molecule is C(=C\c1ccc(C(/C=C/c2ccccc2)c2ccccc2)[nH]1)/c1ccccc1. The van der Waals surface area contributed by atoms with E-state index in [1.807, 2.05) is 12.1 Å². The molecule has 1 aromatic heterocycles. The lowest BCUT2D eigenvalue weighted by Crippen LogP contribution is -1.98. The fraction of sp³-hybridized carbons (Fsp3) is 0.0370. The van der Waals surface area contributed by atoms with E-state index in [-0.39, 0.29) is 5.92 Å². The van der Waals surface area contributed by atoms with Crippen LogP contribution in [0.5, 0.6) is 0 Å². The third-order valence-electron chi connectivity index (χ3n) is 4.76. The summed E-state index contributed by atoms with van der Waals surface area (Å²) in [5, 5.41) is 0. The molecule has 0 radical (unpaired) electrons. The second kappa shape index (κ2) is 8.88. The Morgan fingerprint density at radius 3 is 1.75 bits per heavy atom. The number of allylic oxidation sites excluding steroid dienone is 1. The van der Waals surface area contributed by atoms with Crippen LogP contribution in [-0.4, -0.2) is 4.98 Å². The zero-order chi connectivity index (χ0) is 19.0. The molecule has 4 rings (SSSR count). The molecule has 4 aromatic rings. The van der Waals surface area contributed by atoms with Gasteiger partial charge in [-0.05, 0) is 34.9 Å². The summed E-state index contributed by atoms with van der Waals surface area (Å²) in [5.41, 5.74) is 5.97. The van der Waals surface area contributed by atoms with Crippen LogP contribution in [0.15, 0.2) is 109 Å². The van der Waals surface area contributed by atoms with E-state index >= 15 is 0 Å². The second-order valence-corrected chi connectivity index (χ2v) is 6.77. The Balaban J connectivity index is 1.61. The van der Waals surface area contributed by atoms with Gasteiger partial charge in [-0.15, -0.1) is 0 Å². The normalized spacial score (nSPS) is 12.6. The number of rotatable bonds is 6. The summed E-state index contributed by atoms with van der Waals surface area (Å²) in [6.45, 7) is 0. The third kappa shape index (κ3) is 4.57. The highest BCUT2D eigenvalue weighted by molar-refractivity contribution is 5.68. The minimum atomic E-state index is 0.181. The lowest BCUT2D eigenvalue weighted by Gasteiger charge is -2.12. The van der Waals surface area contributed by atoms with Crippen LogP contribution in [-0.2, 0) is 0 Å². The Bertz CT molecular complexity index is 1040. The van der Waals surface area contributed by atoms with Crippen molar-refractivity contribution in [2.45, 2.75) is 5.92 Å². The molecule has 1 N–H and O–H groups in total. The van der Waals surface area contributed by atoms with Gasteiger partial charge in [0.25, 0.3) is 0 Å². The van der Waals surface area contributed by atoms with Gasteiger partial charge in [-0.1, -0.05) is 109 Å². The molecular formula is C27H23N. The number of hydrogen-bond donors (Lipinski definition) is 1. The van der Waals surface area contributed by atoms with Crippen molar-refractivity contribution in [2.24, 2.45) is 0 Å². The first-order valence-electron chi connectivity index (χ1n) is 9.59. The molecule has 28 heavy (non-hydrogen) atoms. The van der Waals surface area contributed by atoms with Crippen molar-refractivity contribution in [1.82, 2.24) is 4.98 Å². The lowest BCUT2D eigenvalue weighted by molar-refractivity contribution is 0.975. The first-order valence-corrected chi connectivity index (χ1v) is 9.59. The van der Waals surface area contributed by atoms with Gasteiger partial charge in [0.15, 0.2) is 0 Å². The summed E-state index contributed by atoms with van der Waals surface area (Å²) in [6, 6.07) is 35.7. The highest BCUT2D eigenvalue weighted by Crippen LogP contribution is 2.27. The van der Waals surface area contributed by atoms with Gasteiger partial charge in [0.1, 0.15) is 0 Å². The van der Waals surface area contributed by atoms with E-state index in [2.05, 4.69) is 120 Å². The fourth-order valence-electron chi connectivity index (χ4n) is 3.28. The van der Waals surface area contributed by atoms with Crippen LogP contribution >= 0.6 is 0 Å². The summed E-state index contributed by atoms with van der Waals surface area (Å²) in [6.07, 6.45) is 8.72. The lowest BCUT2D eigenvalue weighted by atomic mass is 9.94. The maximum Gasteiger partial charge on any atom is 0.0424 e. The van der Waals surface area contributed by atoms with Crippen molar-refractivity contribution in [3.05, 3.63) is 137 Å². The zero-order valence-electron chi connectivity index (χ0n) is 15.7. The number of benzene rings is 3.